The van der Waals surface area contributed by atoms with E-state index in [9.17, 15) is 24.5 Å². The molecule has 6 N–H and O–H groups in total. The van der Waals surface area contributed by atoms with Gasteiger partial charge in [0.2, 0.25) is 0 Å². The van der Waals surface area contributed by atoms with Crippen LogP contribution in [0.5, 0.6) is 0 Å². The summed E-state index contributed by atoms with van der Waals surface area (Å²) in [5.41, 5.74) is 9.07. The maximum absolute atomic E-state index is 13.0. The van der Waals surface area contributed by atoms with E-state index in [1.807, 2.05) is 13.8 Å². The van der Waals surface area contributed by atoms with E-state index < -0.39 is 45.3 Å². The number of anilines is 1. The number of H-pyrrole nitrogens is 1. The van der Waals surface area contributed by atoms with Crippen LogP contribution in [0.15, 0.2) is 6.33 Å². The van der Waals surface area contributed by atoms with Crippen LogP contribution in [0.25, 0.3) is 11.2 Å². The second kappa shape index (κ2) is 12.2. The Morgan fingerprint density at radius 3 is 2.84 bits per heavy atom. The number of hydrogen-bond acceptors (Lipinski definition) is 15. The zero-order chi connectivity index (χ0) is 31.2. The van der Waals surface area contributed by atoms with Crippen molar-refractivity contribution >= 4 is 43.2 Å². The number of aryl methyl sites for hydroxylation is 2. The van der Waals surface area contributed by atoms with Crippen molar-refractivity contribution in [2.75, 3.05) is 12.3 Å². The first kappa shape index (κ1) is 31.4. The van der Waals surface area contributed by atoms with Crippen molar-refractivity contribution < 1.29 is 52.8 Å². The zero-order valence-electron chi connectivity index (χ0n) is 23.0. The smallest absolute Gasteiger partial charge is 0.407 e. The van der Waals surface area contributed by atoms with Gasteiger partial charge in [0.05, 0.1) is 31.2 Å². The summed E-state index contributed by atoms with van der Waals surface area (Å²) in [5.74, 6) is -0.376. The van der Waals surface area contributed by atoms with Gasteiger partial charge in [-0.3, -0.25) is 18.3 Å². The zero-order valence-corrected chi connectivity index (χ0v) is 24.7. The number of alkyl carbamates (subject to hydrolysis) is 1. The number of aliphatic hydroxyl groups is 1. The largest absolute Gasteiger partial charge is 0.809 e. The van der Waals surface area contributed by atoms with Gasteiger partial charge in [0.1, 0.15) is 11.2 Å². The fraction of sp³-hybridized carbons (Fsp3) is 0.591. The summed E-state index contributed by atoms with van der Waals surface area (Å²) in [7, 11) is -3.56. The van der Waals surface area contributed by atoms with E-state index in [4.69, 9.17) is 37.1 Å². The van der Waals surface area contributed by atoms with Crippen molar-refractivity contribution in [3.63, 3.8) is 0 Å². The summed E-state index contributed by atoms with van der Waals surface area (Å²) in [6.45, 7) is -1.41. The molecule has 1 saturated heterocycles. The second-order valence-electron chi connectivity index (χ2n) is 10.0. The molecule has 1 aliphatic carbocycles. The number of aromatic nitrogens is 6. The molecule has 0 radical (unpaired) electrons. The summed E-state index contributed by atoms with van der Waals surface area (Å²) in [5, 5.41) is 28.5. The molecule has 0 bridgehead atoms. The number of amides is 1. The van der Waals surface area contributed by atoms with Gasteiger partial charge >= 0.3 is 6.09 Å². The molecule has 8 atom stereocenters. The summed E-state index contributed by atoms with van der Waals surface area (Å²) in [4.78, 5) is 43.5. The molecule has 1 amide bonds. The van der Waals surface area contributed by atoms with Gasteiger partial charge in [-0.15, -0.1) is 0 Å². The topological polar surface area (TPSA) is 269 Å². The Bertz CT molecular complexity index is 1610. The molecule has 3 aromatic rings. The Morgan fingerprint density at radius 1 is 1.42 bits per heavy atom. The molecule has 0 aromatic carbocycles. The quantitative estimate of drug-likeness (QED) is 0.0920. The van der Waals surface area contributed by atoms with Gasteiger partial charge in [-0.2, -0.15) is 5.10 Å². The third-order valence-corrected chi connectivity index (χ3v) is 8.02. The van der Waals surface area contributed by atoms with Crippen molar-refractivity contribution in [1.29, 1.82) is 0 Å². The third-order valence-electron chi connectivity index (χ3n) is 7.28. The molecule has 43 heavy (non-hydrogen) atoms. The lowest BCUT2D eigenvalue weighted by molar-refractivity contribution is -0.587. The number of phosphoric acid groups is 1. The number of nitrogens with one attached hydrogen (secondary N) is 2. The van der Waals surface area contributed by atoms with Crippen LogP contribution < -0.4 is 21.1 Å². The van der Waals surface area contributed by atoms with Crippen LogP contribution in [0.4, 0.5) is 10.7 Å². The number of phosphoric ester groups is 1. The summed E-state index contributed by atoms with van der Waals surface area (Å²) < 4.78 is 39.4. The van der Waals surface area contributed by atoms with Crippen LogP contribution in [0.2, 0.25) is 0 Å². The van der Waals surface area contributed by atoms with Gasteiger partial charge < -0.3 is 55.0 Å². The van der Waals surface area contributed by atoms with Crippen molar-refractivity contribution in [3.8, 4) is 0 Å². The molecular weight excluding hydrogens is 615 g/mol. The van der Waals surface area contributed by atoms with E-state index in [-0.39, 0.29) is 35.6 Å². The molecule has 1 aliphatic heterocycles. The van der Waals surface area contributed by atoms with Gasteiger partial charge in [0.25, 0.3) is 14.3 Å². The first-order valence-electron chi connectivity index (χ1n) is 12.9. The van der Waals surface area contributed by atoms with Crippen LogP contribution in [-0.4, -0.2) is 77.2 Å². The van der Waals surface area contributed by atoms with Crippen molar-refractivity contribution in [2.24, 2.45) is 18.9 Å². The fourth-order valence-electron chi connectivity index (χ4n) is 5.13. The molecule has 236 valence electrons. The third kappa shape index (κ3) is 7.04. The number of nitrogens with zero attached hydrogens (tertiary/aromatic N) is 5. The van der Waals surface area contributed by atoms with E-state index in [0.717, 1.165) is 17.0 Å². The number of nitrogens with two attached hydrogens (primary N) is 1. The number of aromatic amines is 1. The number of rotatable bonds is 11. The number of ether oxygens (including phenoxy) is 4. The SMILES string of the molecule is Cc1nn(C)c(C)c1CNC(=O)OC1C2CC2C(COC([O-])OC(O)OP(=O)([O-])O)OC1n1cnc2c(=S)nc(N)[nH]c21. The van der Waals surface area contributed by atoms with Crippen LogP contribution in [-0.2, 0) is 41.6 Å². The molecular formula is C22H29N8O11PS-2. The molecule has 19 nitrogen and oxygen atoms in total. The van der Waals surface area contributed by atoms with E-state index in [0.29, 0.717) is 17.6 Å². The van der Waals surface area contributed by atoms with Gasteiger partial charge in [-0.05, 0) is 26.2 Å². The number of imidazole rings is 1. The molecule has 0 spiro atoms. The Morgan fingerprint density at radius 2 is 2.16 bits per heavy atom. The normalized spacial score (nSPS) is 26.0. The first-order valence-corrected chi connectivity index (χ1v) is 14.8. The van der Waals surface area contributed by atoms with Gasteiger partial charge in [0, 0.05) is 30.8 Å². The van der Waals surface area contributed by atoms with Crippen molar-refractivity contribution in [1.82, 2.24) is 34.6 Å². The Balaban J connectivity index is 1.32. The summed E-state index contributed by atoms with van der Waals surface area (Å²) in [6, 6.07) is 0. The monoisotopic (exact) mass is 644 g/mol. The molecule has 1 saturated carbocycles. The van der Waals surface area contributed by atoms with Gasteiger partial charge in [-0.1, -0.05) is 12.2 Å². The Hall–Kier alpha value is -3.04. The minimum absolute atomic E-state index is 0.0225. The van der Waals surface area contributed by atoms with Crippen LogP contribution in [0, 0.1) is 30.3 Å². The number of hydrogen-bond donors (Lipinski definition) is 5. The lowest BCUT2D eigenvalue weighted by atomic mass is 10.0. The molecule has 2 fully saturated rings. The molecule has 5 rings (SSSR count). The maximum Gasteiger partial charge on any atom is 0.407 e. The van der Waals surface area contributed by atoms with E-state index in [2.05, 4.69) is 34.6 Å². The maximum atomic E-state index is 13.0. The van der Waals surface area contributed by atoms with E-state index >= 15 is 0 Å². The predicted molar refractivity (Wildman–Crippen MR) is 140 cm³/mol. The Kier molecular flexibility index (Phi) is 8.87. The minimum atomic E-state index is -5.36. The predicted octanol–water partition coefficient (Wildman–Crippen LogP) is -1.32. The first-order chi connectivity index (χ1) is 20.2. The molecule has 2 aliphatic rings. The highest BCUT2D eigenvalue weighted by atomic mass is 32.1. The molecule has 4 heterocycles. The fourth-order valence-corrected chi connectivity index (χ4v) is 5.66. The number of aliphatic hydroxyl groups excluding tert-OH is 1. The molecule has 3 aromatic heterocycles. The van der Waals surface area contributed by atoms with Crippen LogP contribution in [0.1, 0.15) is 29.6 Å². The van der Waals surface area contributed by atoms with E-state index in [1.165, 1.54) is 6.33 Å². The molecule has 8 unspecified atom stereocenters. The van der Waals surface area contributed by atoms with Gasteiger partial charge in [0.15, 0.2) is 22.9 Å². The highest BCUT2D eigenvalue weighted by Gasteiger charge is 2.58. The van der Waals surface area contributed by atoms with Crippen molar-refractivity contribution in [2.45, 2.75) is 58.2 Å². The number of nitrogen functional groups attached to an aromatic ring is 1. The highest BCUT2D eigenvalue weighted by Crippen LogP contribution is 2.54. The van der Waals surface area contributed by atoms with Crippen LogP contribution in [0.3, 0.4) is 0 Å². The number of carbonyl (C=O) groups excluding carboxylic acids is 1. The average molecular weight is 645 g/mol. The minimum Gasteiger partial charge on any atom is -0.809 e. The highest BCUT2D eigenvalue weighted by molar-refractivity contribution is 7.71. The lowest BCUT2D eigenvalue weighted by Crippen LogP contribution is -2.45. The number of fused-ring (bicyclic) bond motifs is 2. The summed E-state index contributed by atoms with van der Waals surface area (Å²) >= 11 is 5.27. The van der Waals surface area contributed by atoms with Crippen molar-refractivity contribution in [3.05, 3.63) is 27.9 Å². The Labute approximate surface area is 248 Å². The number of carbonyl (C=O) groups is 1. The lowest BCUT2D eigenvalue weighted by Gasteiger charge is -2.37. The second-order valence-corrected chi connectivity index (χ2v) is 11.6. The van der Waals surface area contributed by atoms with Gasteiger partial charge in [-0.25, -0.2) is 14.8 Å². The average Bonchev–Trinajstić information content (AvgIpc) is 3.52. The van der Waals surface area contributed by atoms with E-state index in [1.54, 1.807) is 16.3 Å². The summed E-state index contributed by atoms with van der Waals surface area (Å²) in [6.07, 6.45) is -1.24. The standard InChI is InChI=1S/C22H30N8O11PS/c1-8-12(9(2)29(3)28-8)5-24-20(31)39-15-11-4-10(11)13(6-37-21(32)40-22(33)41-42(34,35)36)38-18(15)30-7-25-14-16(30)26-19(23)27-17(14)43/h7,10-11,13,15,18,21-22,33H,4-6H2,1-3H3,(H,24,31)(H2,34,35,36)(H3,23,26,27,43)/q-1/p-1. The molecule has 21 heteroatoms. The van der Waals surface area contributed by atoms with Crippen LogP contribution >= 0.6 is 20.0 Å².